The van der Waals surface area contributed by atoms with Crippen LogP contribution in [0.5, 0.6) is 0 Å². The number of benzene rings is 4. The van der Waals surface area contributed by atoms with Crippen LogP contribution in [0.4, 0.5) is 0 Å². The molecule has 0 heterocycles. The average molecular weight is 1020 g/mol. The topological polar surface area (TPSA) is 0 Å². The Labute approximate surface area is 414 Å². The fraction of sp³-hybridized carbons (Fsp3) is 0.548. The molecule has 2 aliphatic rings. The van der Waals surface area contributed by atoms with Crippen molar-refractivity contribution in [3.63, 3.8) is 0 Å². The molecular weight excluding hydrogens is 935 g/mol. The Balaban J connectivity index is 1.71. The Bertz CT molecular complexity index is 2250. The van der Waals surface area contributed by atoms with E-state index in [0.717, 1.165) is 64.2 Å². The summed E-state index contributed by atoms with van der Waals surface area (Å²) in [7, 11) is 18.5. The molecule has 359 valence electrons. The van der Waals surface area contributed by atoms with Crippen molar-refractivity contribution in [1.29, 1.82) is 0 Å². The van der Waals surface area contributed by atoms with Gasteiger partial charge in [-0.3, -0.25) is 0 Å². The molecule has 2 unspecified atom stereocenters. The number of hydrogen-bond acceptors (Lipinski definition) is 0. The Morgan fingerprint density at radius 1 is 0.455 bits per heavy atom. The molecule has 0 aromatic heterocycles. The zero-order valence-electron chi connectivity index (χ0n) is 45.0. The molecule has 4 aromatic carbocycles. The molecule has 4 aromatic rings. The molecule has 0 N–H and O–H groups in total. The number of hydrogen-bond donors (Lipinski definition) is 0. The quantitative estimate of drug-likeness (QED) is 0.104. The predicted octanol–water partition coefficient (Wildman–Crippen LogP) is 20.1. The summed E-state index contributed by atoms with van der Waals surface area (Å²) in [6, 6.07) is 25.1. The SMILES string of the molecule is CCCCC1=Cc2c(ccc(CCC)c2-c2cc(C(C)(C)C)cc(C(C)(C)C)c2)[CH]1[Zr]([Cl])([Cl])([CH]1C(CCCC)=Cc2c1ccc(CCC)c2-c1cc(C(C)(C)C)cc(C(C)(C)C)c1)[SiH](C)C. The van der Waals surface area contributed by atoms with E-state index in [1.54, 1.807) is 0 Å². The van der Waals surface area contributed by atoms with Crippen molar-refractivity contribution in [2.24, 2.45) is 0 Å². The van der Waals surface area contributed by atoms with Crippen LogP contribution in [0.1, 0.15) is 225 Å². The van der Waals surface area contributed by atoms with Crippen molar-refractivity contribution in [2.45, 2.75) is 217 Å². The summed E-state index contributed by atoms with van der Waals surface area (Å²) in [4.78, 5) is 0. The van der Waals surface area contributed by atoms with Crippen LogP contribution in [-0.4, -0.2) is 5.92 Å². The summed E-state index contributed by atoms with van der Waals surface area (Å²) in [6.45, 7) is 42.8. The molecule has 0 nitrogen and oxygen atoms in total. The summed E-state index contributed by atoms with van der Waals surface area (Å²) < 4.78 is 0.142. The number of rotatable bonds is 15. The predicted molar refractivity (Wildman–Crippen MR) is 298 cm³/mol. The minimum absolute atomic E-state index is 0.0179. The molecule has 0 spiro atoms. The second kappa shape index (κ2) is 19.7. The van der Waals surface area contributed by atoms with Crippen LogP contribution in [0.15, 0.2) is 71.8 Å². The van der Waals surface area contributed by atoms with E-state index in [1.807, 2.05) is 0 Å². The van der Waals surface area contributed by atoms with E-state index in [1.165, 1.54) is 89.0 Å². The standard InChI is InChI=1S/2C30H41.C2H7Si.2ClH.Zr/c2*1-9-11-13-21-16-23-15-14-22(12-10-2)28(27(23)17-21)24-18-25(29(3,4)5)20-26(19-24)30(6,7)8;1-3-2;;;/h2*14-20H,9-13H2,1-8H3;3H,1-2H3;2*1H;/q;;;;;+2/p-2. The van der Waals surface area contributed by atoms with E-state index in [-0.39, 0.29) is 28.9 Å². The van der Waals surface area contributed by atoms with Gasteiger partial charge in [0.1, 0.15) is 0 Å². The molecule has 4 heteroatoms. The van der Waals surface area contributed by atoms with Crippen LogP contribution < -0.4 is 0 Å². The number of unbranched alkanes of at least 4 members (excludes halogenated alkanes) is 2. The van der Waals surface area contributed by atoms with Crippen molar-refractivity contribution < 1.29 is 15.6 Å². The van der Waals surface area contributed by atoms with E-state index in [2.05, 4.69) is 197 Å². The van der Waals surface area contributed by atoms with Crippen LogP contribution >= 0.6 is 17.0 Å². The van der Waals surface area contributed by atoms with Crippen molar-refractivity contribution >= 4 is 35.1 Å². The van der Waals surface area contributed by atoms with Crippen LogP contribution in [0.2, 0.25) is 13.1 Å². The van der Waals surface area contributed by atoms with E-state index < -0.39 is 21.5 Å². The molecule has 0 amide bonds. The number of allylic oxidation sites excluding steroid dienone is 2. The first kappa shape index (κ1) is 53.4. The van der Waals surface area contributed by atoms with Gasteiger partial charge in [0, 0.05) is 0 Å². The van der Waals surface area contributed by atoms with Crippen molar-refractivity contribution in [2.75, 3.05) is 0 Å². The first-order valence-corrected chi connectivity index (χ1v) is 42.5. The van der Waals surface area contributed by atoms with Gasteiger partial charge < -0.3 is 0 Å². The molecule has 2 atom stereocenters. The van der Waals surface area contributed by atoms with Crippen LogP contribution in [0.3, 0.4) is 0 Å². The van der Waals surface area contributed by atoms with Gasteiger partial charge in [0.15, 0.2) is 0 Å². The second-order valence-electron chi connectivity index (χ2n) is 25.2. The normalized spacial score (nSPS) is 17.4. The minimum atomic E-state index is -5.13. The third-order valence-corrected chi connectivity index (χ3v) is 67.4. The van der Waals surface area contributed by atoms with Gasteiger partial charge in [-0.2, -0.15) is 0 Å². The molecule has 0 saturated heterocycles. The van der Waals surface area contributed by atoms with Gasteiger partial charge in [-0.1, -0.05) is 0 Å². The number of aryl methyl sites for hydroxylation is 2. The molecule has 66 heavy (non-hydrogen) atoms. The maximum atomic E-state index is 9.24. The van der Waals surface area contributed by atoms with E-state index in [4.69, 9.17) is 0 Å². The second-order valence-corrected chi connectivity index (χ2v) is 67.7. The Hall–Kier alpha value is -1.96. The first-order valence-electron chi connectivity index (χ1n) is 26.2. The van der Waals surface area contributed by atoms with Gasteiger partial charge in [-0.15, -0.1) is 0 Å². The van der Waals surface area contributed by atoms with Crippen LogP contribution in [0.25, 0.3) is 34.4 Å². The number of fused-ring (bicyclic) bond motifs is 2. The van der Waals surface area contributed by atoms with Gasteiger partial charge in [0.2, 0.25) is 0 Å². The zero-order chi connectivity index (χ0) is 49.0. The molecular formula is C62H89Cl2SiZr. The summed E-state index contributed by atoms with van der Waals surface area (Å²) in [5.74, 6) is -1.78. The van der Waals surface area contributed by atoms with Crippen LogP contribution in [-0.2, 0) is 50.1 Å². The Kier molecular flexibility index (Phi) is 15.9. The fourth-order valence-corrected chi connectivity index (χ4v) is 42.9. The van der Waals surface area contributed by atoms with E-state index in [0.29, 0.717) is 0 Å². The van der Waals surface area contributed by atoms with E-state index in [9.17, 15) is 17.0 Å². The van der Waals surface area contributed by atoms with Crippen molar-refractivity contribution in [3.8, 4) is 22.3 Å². The summed E-state index contributed by atoms with van der Waals surface area (Å²) in [6.07, 6.45) is 16.2. The fourth-order valence-electron chi connectivity index (χ4n) is 11.4. The monoisotopic (exact) mass is 1020 g/mol. The van der Waals surface area contributed by atoms with Crippen LogP contribution in [0, 0.1) is 0 Å². The third-order valence-electron chi connectivity index (χ3n) is 15.5. The molecule has 2 aliphatic carbocycles. The zero-order valence-corrected chi connectivity index (χ0v) is 50.1. The van der Waals surface area contributed by atoms with Crippen molar-refractivity contribution in [1.82, 2.24) is 0 Å². The first-order chi connectivity index (χ1) is 30.6. The van der Waals surface area contributed by atoms with Crippen molar-refractivity contribution in [3.05, 3.63) is 127 Å². The van der Waals surface area contributed by atoms with E-state index >= 15 is 0 Å². The molecule has 0 fully saturated rings. The van der Waals surface area contributed by atoms with Gasteiger partial charge >= 0.3 is 417 Å². The van der Waals surface area contributed by atoms with Gasteiger partial charge in [0.25, 0.3) is 0 Å². The summed E-state index contributed by atoms with van der Waals surface area (Å²) >= 11 is -5.13. The van der Waals surface area contributed by atoms with Gasteiger partial charge in [-0.05, 0) is 0 Å². The van der Waals surface area contributed by atoms with Gasteiger partial charge in [-0.25, -0.2) is 0 Å². The number of halogens is 2. The average Bonchev–Trinajstić information content (AvgIpc) is 3.80. The third kappa shape index (κ3) is 10.3. The molecule has 0 radical (unpaired) electrons. The van der Waals surface area contributed by atoms with Gasteiger partial charge in [0.05, 0.1) is 0 Å². The molecule has 0 bridgehead atoms. The Morgan fingerprint density at radius 2 is 0.773 bits per heavy atom. The molecule has 6 rings (SSSR count). The Morgan fingerprint density at radius 3 is 1.03 bits per heavy atom. The molecule has 0 aliphatic heterocycles. The maximum absolute atomic E-state index is 9.24. The summed E-state index contributed by atoms with van der Waals surface area (Å²) in [5.41, 5.74) is 22.8. The summed E-state index contributed by atoms with van der Waals surface area (Å²) in [5, 5.41) is 0. The molecule has 0 saturated carbocycles.